The summed E-state index contributed by atoms with van der Waals surface area (Å²) in [5, 5.41) is 9.19. The zero-order valence-electron chi connectivity index (χ0n) is 14.9. The number of benzene rings is 2. The summed E-state index contributed by atoms with van der Waals surface area (Å²) in [7, 11) is 0. The molecule has 0 unspecified atom stereocenters. The Morgan fingerprint density at radius 2 is 1.44 bits per heavy atom. The lowest BCUT2D eigenvalue weighted by Crippen LogP contribution is -2.21. The number of hydrazone groups is 1. The Hall–Kier alpha value is -3.55. The van der Waals surface area contributed by atoms with Gasteiger partial charge in [0.25, 0.3) is 5.91 Å². The third-order valence-electron chi connectivity index (χ3n) is 3.36. The van der Waals surface area contributed by atoms with Crippen LogP contribution in [0.3, 0.4) is 0 Å². The van der Waals surface area contributed by atoms with E-state index in [0.29, 0.717) is 17.1 Å². The SMILES string of the molecule is CC(=O)Nc1ccc(NC(=O)C/C(C)=N/NC(=O)c2ccc(F)cc2)cc1. The average Bonchev–Trinajstić information content (AvgIpc) is 2.61. The van der Waals surface area contributed by atoms with Crippen LogP contribution >= 0.6 is 0 Å². The number of amides is 3. The molecule has 0 fully saturated rings. The van der Waals surface area contributed by atoms with Crippen LogP contribution in [0.4, 0.5) is 15.8 Å². The second-order valence-corrected chi connectivity index (χ2v) is 5.78. The van der Waals surface area contributed by atoms with E-state index in [4.69, 9.17) is 0 Å². The fourth-order valence-corrected chi connectivity index (χ4v) is 2.13. The van der Waals surface area contributed by atoms with E-state index in [1.807, 2.05) is 0 Å². The van der Waals surface area contributed by atoms with Gasteiger partial charge >= 0.3 is 0 Å². The Morgan fingerprint density at radius 1 is 0.889 bits per heavy atom. The maximum absolute atomic E-state index is 12.8. The van der Waals surface area contributed by atoms with E-state index in [-0.39, 0.29) is 23.8 Å². The first-order valence-electron chi connectivity index (χ1n) is 8.10. The van der Waals surface area contributed by atoms with Crippen LogP contribution in [-0.4, -0.2) is 23.4 Å². The minimum Gasteiger partial charge on any atom is -0.326 e. The molecule has 7 nitrogen and oxygen atoms in total. The van der Waals surface area contributed by atoms with Crippen molar-refractivity contribution in [3.63, 3.8) is 0 Å². The molecule has 8 heteroatoms. The highest BCUT2D eigenvalue weighted by Gasteiger charge is 2.07. The lowest BCUT2D eigenvalue weighted by molar-refractivity contribution is -0.115. The summed E-state index contributed by atoms with van der Waals surface area (Å²) in [4.78, 5) is 34.9. The molecule has 0 saturated heterocycles. The molecule has 0 aliphatic carbocycles. The van der Waals surface area contributed by atoms with Crippen molar-refractivity contribution >= 4 is 34.8 Å². The smallest absolute Gasteiger partial charge is 0.271 e. The number of hydrogen-bond donors (Lipinski definition) is 3. The van der Waals surface area contributed by atoms with Crippen LogP contribution in [0.2, 0.25) is 0 Å². The highest BCUT2D eigenvalue weighted by molar-refractivity contribution is 6.06. The molecule has 0 aromatic heterocycles. The van der Waals surface area contributed by atoms with E-state index >= 15 is 0 Å². The average molecular weight is 370 g/mol. The van der Waals surface area contributed by atoms with Gasteiger partial charge in [0, 0.05) is 29.6 Å². The van der Waals surface area contributed by atoms with Gasteiger partial charge in [-0.05, 0) is 55.5 Å². The lowest BCUT2D eigenvalue weighted by Gasteiger charge is -2.07. The Labute approximate surface area is 155 Å². The van der Waals surface area contributed by atoms with E-state index < -0.39 is 11.7 Å². The molecule has 3 N–H and O–H groups in total. The zero-order valence-corrected chi connectivity index (χ0v) is 14.9. The molecule has 2 aromatic rings. The van der Waals surface area contributed by atoms with Gasteiger partial charge in [0.1, 0.15) is 5.82 Å². The molecule has 0 bridgehead atoms. The summed E-state index contributed by atoms with van der Waals surface area (Å²) < 4.78 is 12.8. The topological polar surface area (TPSA) is 99.7 Å². The van der Waals surface area contributed by atoms with Gasteiger partial charge in [0.15, 0.2) is 0 Å². The Balaban J connectivity index is 1.85. The first-order valence-corrected chi connectivity index (χ1v) is 8.10. The minimum atomic E-state index is -0.497. The highest BCUT2D eigenvalue weighted by atomic mass is 19.1. The summed E-state index contributed by atoms with van der Waals surface area (Å²) >= 11 is 0. The van der Waals surface area contributed by atoms with Crippen LogP contribution < -0.4 is 16.1 Å². The molecule has 0 radical (unpaired) electrons. The van der Waals surface area contributed by atoms with Crippen LogP contribution in [0, 0.1) is 5.82 Å². The van der Waals surface area contributed by atoms with Gasteiger partial charge < -0.3 is 10.6 Å². The third-order valence-corrected chi connectivity index (χ3v) is 3.36. The van der Waals surface area contributed by atoms with Gasteiger partial charge in [-0.3, -0.25) is 14.4 Å². The molecule has 3 amide bonds. The summed E-state index contributed by atoms with van der Waals surface area (Å²) in [5.74, 6) is -1.42. The van der Waals surface area contributed by atoms with E-state index in [1.54, 1.807) is 31.2 Å². The Morgan fingerprint density at radius 3 is 2.00 bits per heavy atom. The second kappa shape index (κ2) is 9.23. The van der Waals surface area contributed by atoms with Gasteiger partial charge in [-0.2, -0.15) is 5.10 Å². The normalized spacial score (nSPS) is 10.9. The predicted molar refractivity (Wildman–Crippen MR) is 101 cm³/mol. The number of nitrogens with one attached hydrogen (secondary N) is 3. The van der Waals surface area contributed by atoms with Crippen molar-refractivity contribution < 1.29 is 18.8 Å². The minimum absolute atomic E-state index is 0.0167. The summed E-state index contributed by atoms with van der Waals surface area (Å²) in [6.07, 6.45) is -0.0167. The number of nitrogens with zero attached hydrogens (tertiary/aromatic N) is 1. The molecule has 140 valence electrons. The molecule has 0 spiro atoms. The van der Waals surface area contributed by atoms with Crippen LogP contribution in [0.1, 0.15) is 30.6 Å². The molecule has 0 heterocycles. The lowest BCUT2D eigenvalue weighted by atomic mass is 10.2. The fourth-order valence-electron chi connectivity index (χ4n) is 2.13. The van der Waals surface area contributed by atoms with Gasteiger partial charge in [-0.1, -0.05) is 0 Å². The highest BCUT2D eigenvalue weighted by Crippen LogP contribution is 2.13. The first-order chi connectivity index (χ1) is 12.8. The molecular formula is C19H19FN4O3. The van der Waals surface area contributed by atoms with E-state index in [2.05, 4.69) is 21.2 Å². The van der Waals surface area contributed by atoms with Gasteiger partial charge in [0.05, 0.1) is 6.42 Å². The molecule has 2 rings (SSSR count). The van der Waals surface area contributed by atoms with Crippen molar-refractivity contribution in [2.24, 2.45) is 5.10 Å². The molecule has 2 aromatic carbocycles. The van der Waals surface area contributed by atoms with Gasteiger partial charge in [0.2, 0.25) is 11.8 Å². The van der Waals surface area contributed by atoms with E-state index in [1.165, 1.54) is 31.2 Å². The first kappa shape index (κ1) is 19.8. The van der Waals surface area contributed by atoms with Crippen molar-refractivity contribution in [2.45, 2.75) is 20.3 Å². The summed E-state index contributed by atoms with van der Waals surface area (Å²) in [5.41, 5.74) is 4.17. The number of rotatable bonds is 6. The number of carbonyl (C=O) groups excluding carboxylic acids is 3. The van der Waals surface area contributed by atoms with Crippen LogP contribution in [-0.2, 0) is 9.59 Å². The number of hydrogen-bond acceptors (Lipinski definition) is 4. The second-order valence-electron chi connectivity index (χ2n) is 5.78. The maximum Gasteiger partial charge on any atom is 0.271 e. The summed E-state index contributed by atoms with van der Waals surface area (Å²) in [6, 6.07) is 11.7. The van der Waals surface area contributed by atoms with Crippen molar-refractivity contribution in [1.82, 2.24) is 5.43 Å². The van der Waals surface area contributed by atoms with Crippen molar-refractivity contribution in [3.8, 4) is 0 Å². The molecule has 0 aliphatic rings. The zero-order chi connectivity index (χ0) is 19.8. The van der Waals surface area contributed by atoms with Crippen molar-refractivity contribution in [3.05, 3.63) is 59.9 Å². The van der Waals surface area contributed by atoms with Crippen molar-refractivity contribution in [2.75, 3.05) is 10.6 Å². The third kappa shape index (κ3) is 6.69. The molecular weight excluding hydrogens is 351 g/mol. The van der Waals surface area contributed by atoms with Gasteiger partial charge in [-0.15, -0.1) is 0 Å². The van der Waals surface area contributed by atoms with Gasteiger partial charge in [-0.25, -0.2) is 9.82 Å². The standard InChI is InChI=1S/C19H19FN4O3/c1-12(23-24-19(27)14-3-5-15(20)6-4-14)11-18(26)22-17-9-7-16(8-10-17)21-13(2)25/h3-10H,11H2,1-2H3,(H,21,25)(H,22,26)(H,24,27)/b23-12+. The monoisotopic (exact) mass is 370 g/mol. The predicted octanol–water partition coefficient (Wildman–Crippen LogP) is 2.92. The summed E-state index contributed by atoms with van der Waals surface area (Å²) in [6.45, 7) is 3.01. The number of anilines is 2. The maximum atomic E-state index is 12.8. The van der Waals surface area contributed by atoms with Crippen LogP contribution in [0.25, 0.3) is 0 Å². The number of halogens is 1. The molecule has 0 atom stereocenters. The van der Waals surface area contributed by atoms with Crippen molar-refractivity contribution in [1.29, 1.82) is 0 Å². The molecule has 0 aliphatic heterocycles. The molecule has 27 heavy (non-hydrogen) atoms. The largest absolute Gasteiger partial charge is 0.326 e. The number of carbonyl (C=O) groups is 3. The van der Waals surface area contributed by atoms with E-state index in [0.717, 1.165) is 0 Å². The Kier molecular flexibility index (Phi) is 6.76. The van der Waals surface area contributed by atoms with Crippen LogP contribution in [0.5, 0.6) is 0 Å². The fraction of sp³-hybridized carbons (Fsp3) is 0.158. The van der Waals surface area contributed by atoms with Crippen LogP contribution in [0.15, 0.2) is 53.6 Å². The quantitative estimate of drug-likeness (QED) is 0.538. The molecule has 0 saturated carbocycles. The van der Waals surface area contributed by atoms with E-state index in [9.17, 15) is 18.8 Å². The Bertz CT molecular complexity index is 862.